The standard InChI is InChI=1S/C13H16FN3/c1-17-9-10(8-16-17)5-6-13(15)11-3-2-4-12(14)7-11/h2-4,7-9,13H,5-6,15H2,1H3. The second kappa shape index (κ2) is 5.10. The Kier molecular flexibility index (Phi) is 3.54. The van der Waals surface area contributed by atoms with Crippen LogP contribution in [-0.4, -0.2) is 9.78 Å². The number of aromatic nitrogens is 2. The monoisotopic (exact) mass is 233 g/mol. The van der Waals surface area contributed by atoms with E-state index in [9.17, 15) is 4.39 Å². The Balaban J connectivity index is 1.95. The molecule has 0 radical (unpaired) electrons. The minimum Gasteiger partial charge on any atom is -0.324 e. The van der Waals surface area contributed by atoms with Crippen LogP contribution in [0.15, 0.2) is 36.7 Å². The lowest BCUT2D eigenvalue weighted by Gasteiger charge is -2.11. The summed E-state index contributed by atoms with van der Waals surface area (Å²) >= 11 is 0. The smallest absolute Gasteiger partial charge is 0.123 e. The number of rotatable bonds is 4. The summed E-state index contributed by atoms with van der Waals surface area (Å²) in [6.45, 7) is 0. The molecule has 90 valence electrons. The highest BCUT2D eigenvalue weighted by molar-refractivity contribution is 5.20. The molecule has 1 aromatic heterocycles. The first-order chi connectivity index (χ1) is 8.15. The van der Waals surface area contributed by atoms with E-state index in [0.29, 0.717) is 0 Å². The van der Waals surface area contributed by atoms with E-state index >= 15 is 0 Å². The Morgan fingerprint density at radius 1 is 1.47 bits per heavy atom. The summed E-state index contributed by atoms with van der Waals surface area (Å²) in [7, 11) is 1.88. The van der Waals surface area contributed by atoms with Crippen molar-refractivity contribution < 1.29 is 4.39 Å². The van der Waals surface area contributed by atoms with Gasteiger partial charge in [0.25, 0.3) is 0 Å². The molecule has 4 heteroatoms. The van der Waals surface area contributed by atoms with Gasteiger partial charge in [0, 0.05) is 19.3 Å². The third-order valence-corrected chi connectivity index (χ3v) is 2.78. The average Bonchev–Trinajstić information content (AvgIpc) is 2.72. The number of nitrogens with two attached hydrogens (primary N) is 1. The zero-order chi connectivity index (χ0) is 12.3. The number of hydrogen-bond donors (Lipinski definition) is 1. The molecule has 0 fully saturated rings. The first kappa shape index (κ1) is 11.8. The maximum atomic E-state index is 13.0. The number of nitrogens with zero attached hydrogens (tertiary/aromatic N) is 2. The molecule has 1 aromatic carbocycles. The van der Waals surface area contributed by atoms with Crippen LogP contribution >= 0.6 is 0 Å². The van der Waals surface area contributed by atoms with Gasteiger partial charge < -0.3 is 5.73 Å². The van der Waals surface area contributed by atoms with Gasteiger partial charge in [0.05, 0.1) is 6.20 Å². The van der Waals surface area contributed by atoms with Gasteiger partial charge in [-0.1, -0.05) is 12.1 Å². The number of benzene rings is 1. The normalized spacial score (nSPS) is 12.6. The van der Waals surface area contributed by atoms with Gasteiger partial charge in [0.1, 0.15) is 5.82 Å². The van der Waals surface area contributed by atoms with E-state index in [1.54, 1.807) is 10.7 Å². The van der Waals surface area contributed by atoms with Crippen molar-refractivity contribution >= 4 is 0 Å². The van der Waals surface area contributed by atoms with Crippen LogP contribution in [0.25, 0.3) is 0 Å². The van der Waals surface area contributed by atoms with Crippen molar-refractivity contribution in [2.24, 2.45) is 12.8 Å². The molecular weight excluding hydrogens is 217 g/mol. The lowest BCUT2D eigenvalue weighted by molar-refractivity contribution is 0.609. The maximum absolute atomic E-state index is 13.0. The number of halogens is 1. The number of aryl methyl sites for hydroxylation is 2. The highest BCUT2D eigenvalue weighted by Crippen LogP contribution is 2.17. The van der Waals surface area contributed by atoms with Crippen molar-refractivity contribution in [3.05, 3.63) is 53.6 Å². The fourth-order valence-corrected chi connectivity index (χ4v) is 1.83. The predicted molar refractivity (Wildman–Crippen MR) is 64.9 cm³/mol. The van der Waals surface area contributed by atoms with Gasteiger partial charge in [-0.2, -0.15) is 5.10 Å². The summed E-state index contributed by atoms with van der Waals surface area (Å²) in [5, 5.41) is 4.10. The molecule has 0 aliphatic heterocycles. The fraction of sp³-hybridized carbons (Fsp3) is 0.308. The molecule has 0 bridgehead atoms. The SMILES string of the molecule is Cn1cc(CCC(N)c2cccc(F)c2)cn1. The fourth-order valence-electron chi connectivity index (χ4n) is 1.83. The molecule has 1 heterocycles. The molecular formula is C13H16FN3. The van der Waals surface area contributed by atoms with E-state index in [1.807, 2.05) is 25.5 Å². The zero-order valence-electron chi connectivity index (χ0n) is 9.81. The number of hydrogen-bond acceptors (Lipinski definition) is 2. The summed E-state index contributed by atoms with van der Waals surface area (Å²) in [5.41, 5.74) is 8.02. The van der Waals surface area contributed by atoms with Crippen LogP contribution in [-0.2, 0) is 13.5 Å². The van der Waals surface area contributed by atoms with Crippen LogP contribution < -0.4 is 5.73 Å². The van der Waals surface area contributed by atoms with Crippen molar-refractivity contribution in [1.29, 1.82) is 0 Å². The van der Waals surface area contributed by atoms with Gasteiger partial charge >= 0.3 is 0 Å². The molecule has 2 N–H and O–H groups in total. The molecule has 0 amide bonds. The Labute approximate surface area is 100 Å². The van der Waals surface area contributed by atoms with Crippen molar-refractivity contribution in [1.82, 2.24) is 9.78 Å². The highest BCUT2D eigenvalue weighted by Gasteiger charge is 2.07. The van der Waals surface area contributed by atoms with E-state index in [-0.39, 0.29) is 11.9 Å². The quantitative estimate of drug-likeness (QED) is 0.879. The molecule has 2 aromatic rings. The van der Waals surface area contributed by atoms with E-state index < -0.39 is 0 Å². The first-order valence-electron chi connectivity index (χ1n) is 5.64. The molecule has 1 unspecified atom stereocenters. The van der Waals surface area contributed by atoms with Gasteiger partial charge in [0.2, 0.25) is 0 Å². The Bertz CT molecular complexity index is 493. The van der Waals surface area contributed by atoms with E-state index in [1.165, 1.54) is 12.1 Å². The minimum absolute atomic E-state index is 0.133. The van der Waals surface area contributed by atoms with Crippen molar-refractivity contribution in [2.45, 2.75) is 18.9 Å². The highest BCUT2D eigenvalue weighted by atomic mass is 19.1. The largest absolute Gasteiger partial charge is 0.324 e. The Morgan fingerprint density at radius 3 is 2.94 bits per heavy atom. The van der Waals surface area contributed by atoms with E-state index in [2.05, 4.69) is 5.10 Å². The summed E-state index contributed by atoms with van der Waals surface area (Å²) in [4.78, 5) is 0. The zero-order valence-corrected chi connectivity index (χ0v) is 9.81. The first-order valence-corrected chi connectivity index (χ1v) is 5.64. The van der Waals surface area contributed by atoms with Crippen LogP contribution in [0.1, 0.15) is 23.6 Å². The van der Waals surface area contributed by atoms with Gasteiger partial charge in [-0.05, 0) is 36.1 Å². The topological polar surface area (TPSA) is 43.8 Å². The third kappa shape index (κ3) is 3.14. The van der Waals surface area contributed by atoms with Gasteiger partial charge in [-0.25, -0.2) is 4.39 Å². The third-order valence-electron chi connectivity index (χ3n) is 2.78. The van der Waals surface area contributed by atoms with Crippen LogP contribution in [0.3, 0.4) is 0 Å². The minimum atomic E-state index is -0.237. The Morgan fingerprint density at radius 2 is 2.29 bits per heavy atom. The molecule has 0 aliphatic carbocycles. The van der Waals surface area contributed by atoms with Crippen molar-refractivity contribution in [3.63, 3.8) is 0 Å². The molecule has 1 atom stereocenters. The summed E-state index contributed by atoms with van der Waals surface area (Å²) < 4.78 is 14.8. The van der Waals surface area contributed by atoms with Crippen LogP contribution in [0.5, 0.6) is 0 Å². The van der Waals surface area contributed by atoms with E-state index in [4.69, 9.17) is 5.73 Å². The summed E-state index contributed by atoms with van der Waals surface area (Å²) in [6, 6.07) is 6.34. The van der Waals surface area contributed by atoms with Crippen molar-refractivity contribution in [2.75, 3.05) is 0 Å². The molecule has 3 nitrogen and oxygen atoms in total. The van der Waals surface area contributed by atoms with Crippen LogP contribution in [0.2, 0.25) is 0 Å². The van der Waals surface area contributed by atoms with Crippen LogP contribution in [0, 0.1) is 5.82 Å². The lowest BCUT2D eigenvalue weighted by Crippen LogP contribution is -2.11. The molecule has 2 rings (SSSR count). The second-order valence-electron chi connectivity index (χ2n) is 4.22. The maximum Gasteiger partial charge on any atom is 0.123 e. The van der Waals surface area contributed by atoms with Gasteiger partial charge in [0.15, 0.2) is 0 Å². The predicted octanol–water partition coefficient (Wildman–Crippen LogP) is 2.19. The lowest BCUT2D eigenvalue weighted by atomic mass is 10.0. The van der Waals surface area contributed by atoms with Gasteiger partial charge in [-0.15, -0.1) is 0 Å². The molecule has 0 spiro atoms. The second-order valence-corrected chi connectivity index (χ2v) is 4.22. The summed E-state index contributed by atoms with van der Waals surface area (Å²) in [6.07, 6.45) is 5.44. The molecule has 17 heavy (non-hydrogen) atoms. The van der Waals surface area contributed by atoms with Crippen molar-refractivity contribution in [3.8, 4) is 0 Å². The summed E-state index contributed by atoms with van der Waals surface area (Å²) in [5.74, 6) is -0.237. The molecule has 0 saturated heterocycles. The molecule has 0 aliphatic rings. The Hall–Kier alpha value is -1.68. The van der Waals surface area contributed by atoms with Crippen LogP contribution in [0.4, 0.5) is 4.39 Å². The van der Waals surface area contributed by atoms with E-state index in [0.717, 1.165) is 24.0 Å². The molecule has 0 saturated carbocycles. The average molecular weight is 233 g/mol. The van der Waals surface area contributed by atoms with Gasteiger partial charge in [-0.3, -0.25) is 4.68 Å².